The highest BCUT2D eigenvalue weighted by Crippen LogP contribution is 2.10. The fourth-order valence-electron chi connectivity index (χ4n) is 2.06. The zero-order valence-corrected chi connectivity index (χ0v) is 12.3. The predicted octanol–water partition coefficient (Wildman–Crippen LogP) is 1.22. The van der Waals surface area contributed by atoms with E-state index >= 15 is 0 Å². The Morgan fingerprint density at radius 1 is 1.37 bits per heavy atom. The van der Waals surface area contributed by atoms with Crippen molar-refractivity contribution in [3.05, 3.63) is 0 Å². The smallest absolute Gasteiger partial charge is 0.306 e. The standard InChI is InChI=1S/C14H26N2O3/c1-14(2,3)19-12(17)7-5-9-16-13(18)11-6-4-8-15-10-11/h11,15H,4-10H2,1-3H3,(H,16,18)/t11-/m0/s1. The van der Waals surface area contributed by atoms with Gasteiger partial charge in [0.05, 0.1) is 5.92 Å². The first-order valence-electron chi connectivity index (χ1n) is 7.09. The molecule has 2 N–H and O–H groups in total. The summed E-state index contributed by atoms with van der Waals surface area (Å²) in [7, 11) is 0. The summed E-state index contributed by atoms with van der Waals surface area (Å²) in [6.07, 6.45) is 2.97. The molecule has 1 fully saturated rings. The highest BCUT2D eigenvalue weighted by atomic mass is 16.6. The molecule has 1 atom stereocenters. The quantitative estimate of drug-likeness (QED) is 0.582. The van der Waals surface area contributed by atoms with Crippen molar-refractivity contribution < 1.29 is 14.3 Å². The van der Waals surface area contributed by atoms with E-state index in [1.165, 1.54) is 0 Å². The Hall–Kier alpha value is -1.10. The molecule has 0 aliphatic carbocycles. The van der Waals surface area contributed by atoms with E-state index in [1.807, 2.05) is 20.8 Å². The second-order valence-corrected chi connectivity index (χ2v) is 6.02. The van der Waals surface area contributed by atoms with Crippen molar-refractivity contribution in [3.8, 4) is 0 Å². The Morgan fingerprint density at radius 3 is 2.68 bits per heavy atom. The molecule has 1 amide bonds. The fraction of sp³-hybridized carbons (Fsp3) is 0.857. The molecule has 0 unspecified atom stereocenters. The Bertz CT molecular complexity index is 304. The molecular formula is C14H26N2O3. The van der Waals surface area contributed by atoms with Crippen molar-refractivity contribution in [2.24, 2.45) is 5.92 Å². The third kappa shape index (κ3) is 7.15. The molecule has 0 saturated carbocycles. The van der Waals surface area contributed by atoms with Gasteiger partial charge in [-0.1, -0.05) is 0 Å². The number of nitrogens with one attached hydrogen (secondary N) is 2. The molecule has 1 aliphatic rings. The fourth-order valence-corrected chi connectivity index (χ4v) is 2.06. The molecule has 1 saturated heterocycles. The van der Waals surface area contributed by atoms with E-state index < -0.39 is 5.60 Å². The van der Waals surface area contributed by atoms with Crippen molar-refractivity contribution in [3.63, 3.8) is 0 Å². The van der Waals surface area contributed by atoms with Gasteiger partial charge in [0, 0.05) is 19.5 Å². The van der Waals surface area contributed by atoms with Crippen LogP contribution in [0.15, 0.2) is 0 Å². The third-order valence-corrected chi connectivity index (χ3v) is 2.94. The number of hydrogen-bond acceptors (Lipinski definition) is 4. The van der Waals surface area contributed by atoms with Crippen molar-refractivity contribution in [1.82, 2.24) is 10.6 Å². The SMILES string of the molecule is CC(C)(C)OC(=O)CCCNC(=O)[C@H]1CCCNC1. The first-order chi connectivity index (χ1) is 8.88. The number of amides is 1. The van der Waals surface area contributed by atoms with Crippen molar-refractivity contribution in [2.75, 3.05) is 19.6 Å². The Balaban J connectivity index is 2.10. The molecule has 5 heteroatoms. The van der Waals surface area contributed by atoms with Crippen LogP contribution in [-0.2, 0) is 14.3 Å². The van der Waals surface area contributed by atoms with Crippen LogP contribution < -0.4 is 10.6 Å². The maximum absolute atomic E-state index is 11.8. The molecule has 0 bridgehead atoms. The van der Waals surface area contributed by atoms with E-state index in [9.17, 15) is 9.59 Å². The van der Waals surface area contributed by atoms with E-state index in [0.29, 0.717) is 19.4 Å². The molecule has 0 radical (unpaired) electrons. The number of piperidine rings is 1. The van der Waals surface area contributed by atoms with Gasteiger partial charge in [-0.2, -0.15) is 0 Å². The Kier molecular flexibility index (Phi) is 6.28. The van der Waals surface area contributed by atoms with Crippen LogP contribution in [0.5, 0.6) is 0 Å². The van der Waals surface area contributed by atoms with Crippen LogP contribution in [0.25, 0.3) is 0 Å². The van der Waals surface area contributed by atoms with Gasteiger partial charge in [0.25, 0.3) is 0 Å². The summed E-state index contributed by atoms with van der Waals surface area (Å²) in [6, 6.07) is 0. The number of hydrogen-bond donors (Lipinski definition) is 2. The molecule has 1 aliphatic heterocycles. The van der Waals surface area contributed by atoms with Gasteiger partial charge >= 0.3 is 5.97 Å². The van der Waals surface area contributed by atoms with Crippen LogP contribution >= 0.6 is 0 Å². The van der Waals surface area contributed by atoms with E-state index in [1.54, 1.807) is 0 Å². The van der Waals surface area contributed by atoms with Gasteiger partial charge in [0.2, 0.25) is 5.91 Å². The van der Waals surface area contributed by atoms with Crippen molar-refractivity contribution in [2.45, 2.75) is 52.1 Å². The first-order valence-corrected chi connectivity index (χ1v) is 7.09. The molecule has 1 rings (SSSR count). The first kappa shape index (κ1) is 16.0. The summed E-state index contributed by atoms with van der Waals surface area (Å²) >= 11 is 0. The van der Waals surface area contributed by atoms with E-state index in [4.69, 9.17) is 4.74 Å². The van der Waals surface area contributed by atoms with Gasteiger partial charge in [0.1, 0.15) is 5.60 Å². The van der Waals surface area contributed by atoms with Gasteiger partial charge < -0.3 is 15.4 Å². The Morgan fingerprint density at radius 2 is 2.11 bits per heavy atom. The summed E-state index contributed by atoms with van der Waals surface area (Å²) in [5.41, 5.74) is -0.436. The molecule has 1 heterocycles. The topological polar surface area (TPSA) is 67.4 Å². The maximum Gasteiger partial charge on any atom is 0.306 e. The van der Waals surface area contributed by atoms with Crippen LogP contribution in [0.1, 0.15) is 46.5 Å². The van der Waals surface area contributed by atoms with E-state index in [2.05, 4.69) is 10.6 Å². The second kappa shape index (κ2) is 7.48. The van der Waals surface area contributed by atoms with Gasteiger partial charge in [-0.3, -0.25) is 9.59 Å². The minimum Gasteiger partial charge on any atom is -0.460 e. The second-order valence-electron chi connectivity index (χ2n) is 6.02. The summed E-state index contributed by atoms with van der Waals surface area (Å²) in [5, 5.41) is 6.10. The molecule has 0 spiro atoms. The molecule has 0 aromatic carbocycles. The summed E-state index contributed by atoms with van der Waals surface area (Å²) < 4.78 is 5.20. The lowest BCUT2D eigenvalue weighted by Crippen LogP contribution is -2.40. The summed E-state index contributed by atoms with van der Waals surface area (Å²) in [5.74, 6) is -0.0345. The summed E-state index contributed by atoms with van der Waals surface area (Å²) in [6.45, 7) is 7.85. The molecule has 19 heavy (non-hydrogen) atoms. The number of carbonyl (C=O) groups excluding carboxylic acids is 2. The van der Waals surface area contributed by atoms with Crippen LogP contribution in [0.2, 0.25) is 0 Å². The van der Waals surface area contributed by atoms with E-state index in [-0.39, 0.29) is 17.8 Å². The largest absolute Gasteiger partial charge is 0.460 e. The molecule has 0 aromatic heterocycles. The maximum atomic E-state index is 11.8. The van der Waals surface area contributed by atoms with Gasteiger partial charge in [-0.25, -0.2) is 0 Å². The molecule has 0 aromatic rings. The lowest BCUT2D eigenvalue weighted by Gasteiger charge is -2.22. The zero-order valence-electron chi connectivity index (χ0n) is 12.3. The lowest BCUT2D eigenvalue weighted by molar-refractivity contribution is -0.155. The summed E-state index contributed by atoms with van der Waals surface area (Å²) in [4.78, 5) is 23.3. The van der Waals surface area contributed by atoms with Crippen LogP contribution in [0.4, 0.5) is 0 Å². The highest BCUT2D eigenvalue weighted by Gasteiger charge is 2.20. The van der Waals surface area contributed by atoms with Gasteiger partial charge in [-0.15, -0.1) is 0 Å². The number of rotatable bonds is 5. The monoisotopic (exact) mass is 270 g/mol. The predicted molar refractivity (Wildman–Crippen MR) is 73.7 cm³/mol. The molecule has 5 nitrogen and oxygen atoms in total. The minimum atomic E-state index is -0.436. The van der Waals surface area contributed by atoms with Crippen LogP contribution in [0.3, 0.4) is 0 Å². The number of carbonyl (C=O) groups is 2. The third-order valence-electron chi connectivity index (χ3n) is 2.94. The van der Waals surface area contributed by atoms with Gasteiger partial charge in [0.15, 0.2) is 0 Å². The number of esters is 1. The highest BCUT2D eigenvalue weighted by molar-refractivity contribution is 5.79. The normalized spacial score (nSPS) is 19.8. The van der Waals surface area contributed by atoms with Crippen LogP contribution in [-0.4, -0.2) is 37.1 Å². The van der Waals surface area contributed by atoms with Gasteiger partial charge in [-0.05, 0) is 46.6 Å². The molecular weight excluding hydrogens is 244 g/mol. The number of ether oxygens (including phenoxy) is 1. The average Bonchev–Trinajstić information content (AvgIpc) is 2.33. The minimum absolute atomic E-state index is 0.0790. The lowest BCUT2D eigenvalue weighted by atomic mass is 9.99. The van der Waals surface area contributed by atoms with Crippen LogP contribution in [0, 0.1) is 5.92 Å². The Labute approximate surface area is 115 Å². The van der Waals surface area contributed by atoms with Crippen molar-refractivity contribution >= 4 is 11.9 Å². The zero-order chi connectivity index (χ0) is 14.3. The average molecular weight is 270 g/mol. The van der Waals surface area contributed by atoms with E-state index in [0.717, 1.165) is 25.9 Å². The molecule has 110 valence electrons. The van der Waals surface area contributed by atoms with Crippen molar-refractivity contribution in [1.29, 1.82) is 0 Å².